The van der Waals surface area contributed by atoms with Crippen LogP contribution in [-0.4, -0.2) is 68.4 Å². The summed E-state index contributed by atoms with van der Waals surface area (Å²) in [5.74, 6) is -2.61. The largest absolute Gasteiger partial charge is 0.465 e. The van der Waals surface area contributed by atoms with Crippen LogP contribution in [0.3, 0.4) is 0 Å². The van der Waals surface area contributed by atoms with Crippen LogP contribution in [0.4, 0.5) is 14.7 Å². The minimum atomic E-state index is -1.31. The molecule has 0 saturated heterocycles. The van der Waals surface area contributed by atoms with Gasteiger partial charge in [-0.15, -0.1) is 0 Å². The number of carbonyl (C=O) groups is 1. The number of fused-ring (bicyclic) bond motifs is 1. The van der Waals surface area contributed by atoms with Crippen molar-refractivity contribution in [2.75, 3.05) is 33.1 Å². The smallest absolute Gasteiger partial charge is 0.340 e. The minimum absolute atomic E-state index is 0.0672. The van der Waals surface area contributed by atoms with E-state index in [2.05, 4.69) is 34.8 Å². The Morgan fingerprint density at radius 3 is 2.61 bits per heavy atom. The molecule has 33 heavy (non-hydrogen) atoms. The lowest BCUT2D eigenvalue weighted by Gasteiger charge is -2.36. The maximum Gasteiger partial charge on any atom is 0.340 e. The second kappa shape index (κ2) is 10.5. The van der Waals surface area contributed by atoms with Crippen LogP contribution in [0.5, 0.6) is 0 Å². The number of nitrogens with zero attached hydrogens (tertiary/aromatic N) is 3. The Morgan fingerprint density at radius 2 is 1.97 bits per heavy atom. The summed E-state index contributed by atoms with van der Waals surface area (Å²) >= 11 is 0. The van der Waals surface area contributed by atoms with E-state index in [1.165, 1.54) is 7.11 Å². The number of halogens is 2. The third kappa shape index (κ3) is 5.91. The number of rotatable bonds is 9. The van der Waals surface area contributed by atoms with Gasteiger partial charge in [0.25, 0.3) is 0 Å². The second-order valence-electron chi connectivity index (χ2n) is 10.2. The molecule has 1 aromatic heterocycles. The van der Waals surface area contributed by atoms with Gasteiger partial charge < -0.3 is 19.7 Å². The van der Waals surface area contributed by atoms with Gasteiger partial charge in [-0.25, -0.2) is 18.6 Å². The maximum atomic E-state index is 14.8. The molecule has 1 saturated carbocycles. The number of likely N-dealkylation sites (N-methyl/N-ethyl adjacent to an activating group) is 1. The first-order valence-corrected chi connectivity index (χ1v) is 15.2. The Balaban J connectivity index is 2.05. The monoisotopic (exact) mass is 482 g/mol. The molecule has 0 aliphatic heterocycles. The molecule has 2 atom stereocenters. The zero-order chi connectivity index (χ0) is 24.3. The Hall–Kier alpha value is -2.04. The summed E-state index contributed by atoms with van der Waals surface area (Å²) in [6.07, 6.45) is 4.19. The van der Waals surface area contributed by atoms with Gasteiger partial charge in [0.15, 0.2) is 11.6 Å². The van der Waals surface area contributed by atoms with Crippen molar-refractivity contribution in [2.45, 2.75) is 70.2 Å². The summed E-state index contributed by atoms with van der Waals surface area (Å²) in [4.78, 5) is 19.0. The number of esters is 1. The normalized spacial score (nSPS) is 19.3. The predicted octanol–water partition coefficient (Wildman–Crippen LogP) is 4.70. The number of nitrogens with one attached hydrogen (secondary N) is 1. The predicted molar refractivity (Wildman–Crippen MR) is 128 cm³/mol. The molecule has 0 bridgehead atoms. The summed E-state index contributed by atoms with van der Waals surface area (Å²) in [7, 11) is 3.98. The highest BCUT2D eigenvalue weighted by molar-refractivity contribution is 6.76. The quantitative estimate of drug-likeness (QED) is 0.318. The molecule has 1 N–H and O–H groups in total. The summed E-state index contributed by atoms with van der Waals surface area (Å²) in [5.41, 5.74) is -0.106. The number of imidazole rings is 1. The highest BCUT2D eigenvalue weighted by atomic mass is 28.3. The van der Waals surface area contributed by atoms with Crippen molar-refractivity contribution in [3.8, 4) is 0 Å². The number of benzene rings is 1. The molecule has 0 spiro atoms. The van der Waals surface area contributed by atoms with Gasteiger partial charge >= 0.3 is 5.97 Å². The van der Waals surface area contributed by atoms with E-state index in [0.29, 0.717) is 12.6 Å². The van der Waals surface area contributed by atoms with Crippen LogP contribution in [0, 0.1) is 11.6 Å². The van der Waals surface area contributed by atoms with Gasteiger partial charge in [0.05, 0.1) is 18.2 Å². The summed E-state index contributed by atoms with van der Waals surface area (Å²) < 4.78 is 41.5. The van der Waals surface area contributed by atoms with E-state index < -0.39 is 25.7 Å². The SMILES string of the molecule is COC(=O)c1cc(F)c(F)c2nc(N[C@H]3CCCC[C@@H]3N(C)C)n(COCC[Si](C)(C)C)c12. The van der Waals surface area contributed by atoms with Gasteiger partial charge in [0, 0.05) is 26.8 Å². The Bertz CT molecular complexity index is 990. The molecule has 7 nitrogen and oxygen atoms in total. The summed E-state index contributed by atoms with van der Waals surface area (Å²) in [6.45, 7) is 7.38. The lowest BCUT2D eigenvalue weighted by atomic mass is 9.89. The highest BCUT2D eigenvalue weighted by Crippen LogP contribution is 2.31. The molecule has 1 fully saturated rings. The average molecular weight is 483 g/mol. The van der Waals surface area contributed by atoms with Crippen molar-refractivity contribution in [1.29, 1.82) is 0 Å². The zero-order valence-electron chi connectivity index (χ0n) is 20.5. The van der Waals surface area contributed by atoms with Crippen molar-refractivity contribution in [1.82, 2.24) is 14.5 Å². The lowest BCUT2D eigenvalue weighted by Crippen LogP contribution is -2.45. The van der Waals surface area contributed by atoms with Crippen molar-refractivity contribution in [3.05, 3.63) is 23.3 Å². The number of hydrogen-bond acceptors (Lipinski definition) is 6. The summed E-state index contributed by atoms with van der Waals surface area (Å²) in [6, 6.07) is 2.19. The third-order valence-corrected chi connectivity index (χ3v) is 7.94. The molecule has 1 aromatic carbocycles. The van der Waals surface area contributed by atoms with E-state index in [0.717, 1.165) is 37.8 Å². The van der Waals surface area contributed by atoms with Crippen LogP contribution in [0.25, 0.3) is 11.0 Å². The fourth-order valence-electron chi connectivity index (χ4n) is 4.35. The van der Waals surface area contributed by atoms with E-state index >= 15 is 0 Å². The lowest BCUT2D eigenvalue weighted by molar-refractivity contribution is 0.0600. The van der Waals surface area contributed by atoms with Gasteiger partial charge in [-0.2, -0.15) is 0 Å². The fraction of sp³-hybridized carbons (Fsp3) is 0.652. The molecule has 0 unspecified atom stereocenters. The van der Waals surface area contributed by atoms with E-state index in [9.17, 15) is 13.6 Å². The molecule has 10 heteroatoms. The van der Waals surface area contributed by atoms with E-state index in [1.54, 1.807) is 4.57 Å². The molecule has 2 aromatic rings. The third-order valence-electron chi connectivity index (χ3n) is 6.24. The maximum absolute atomic E-state index is 14.8. The van der Waals surface area contributed by atoms with Gasteiger partial charge in [-0.1, -0.05) is 32.5 Å². The fourth-order valence-corrected chi connectivity index (χ4v) is 5.11. The van der Waals surface area contributed by atoms with E-state index in [1.807, 2.05) is 14.1 Å². The topological polar surface area (TPSA) is 68.6 Å². The van der Waals surface area contributed by atoms with Crippen molar-refractivity contribution in [2.24, 2.45) is 0 Å². The van der Waals surface area contributed by atoms with Crippen molar-refractivity contribution < 1.29 is 23.0 Å². The number of methoxy groups -OCH3 is 1. The first-order chi connectivity index (χ1) is 15.5. The minimum Gasteiger partial charge on any atom is -0.465 e. The number of ether oxygens (including phenoxy) is 2. The van der Waals surface area contributed by atoms with Gasteiger partial charge in [-0.05, 0) is 39.0 Å². The Morgan fingerprint density at radius 1 is 1.27 bits per heavy atom. The van der Waals surface area contributed by atoms with Crippen molar-refractivity contribution >= 4 is 31.0 Å². The standard InChI is InChI=1S/C23H36F2N4O3Si/c1-28(2)18-10-8-7-9-17(18)26-23-27-20-19(25)16(24)13-15(22(30)31-3)21(20)29(23)14-32-11-12-33(4,5)6/h13,17-18H,7-12,14H2,1-6H3,(H,26,27)/t17-,18-/m0/s1. The van der Waals surface area contributed by atoms with E-state index in [4.69, 9.17) is 9.47 Å². The number of anilines is 1. The van der Waals surface area contributed by atoms with Gasteiger partial charge in [0.1, 0.15) is 12.2 Å². The van der Waals surface area contributed by atoms with Crippen LogP contribution in [0.1, 0.15) is 36.0 Å². The molecule has 3 rings (SSSR count). The van der Waals surface area contributed by atoms with E-state index in [-0.39, 0.29) is 35.4 Å². The molecule has 1 aliphatic carbocycles. The van der Waals surface area contributed by atoms with Crippen LogP contribution >= 0.6 is 0 Å². The van der Waals surface area contributed by atoms with Crippen LogP contribution in [0.15, 0.2) is 6.07 Å². The number of carbonyl (C=O) groups excluding carboxylic acids is 1. The van der Waals surface area contributed by atoms with Crippen LogP contribution in [0.2, 0.25) is 25.7 Å². The zero-order valence-corrected chi connectivity index (χ0v) is 21.5. The van der Waals surface area contributed by atoms with Gasteiger partial charge in [-0.3, -0.25) is 4.57 Å². The molecule has 184 valence electrons. The second-order valence-corrected chi connectivity index (χ2v) is 15.8. The first-order valence-electron chi connectivity index (χ1n) is 11.5. The molecule has 1 heterocycles. The number of hydrogen-bond donors (Lipinski definition) is 1. The van der Waals surface area contributed by atoms with Crippen molar-refractivity contribution in [3.63, 3.8) is 0 Å². The van der Waals surface area contributed by atoms with Gasteiger partial charge in [0.2, 0.25) is 5.95 Å². The van der Waals surface area contributed by atoms with Crippen LogP contribution in [-0.2, 0) is 16.2 Å². The molecule has 1 aliphatic rings. The molecule has 0 radical (unpaired) electrons. The van der Waals surface area contributed by atoms with Crippen LogP contribution < -0.4 is 5.32 Å². The Labute approximate surface area is 195 Å². The summed E-state index contributed by atoms with van der Waals surface area (Å²) in [5, 5.41) is 3.46. The number of aromatic nitrogens is 2. The highest BCUT2D eigenvalue weighted by Gasteiger charge is 2.30. The molecular formula is C23H36F2N4O3Si. The molecular weight excluding hydrogens is 446 g/mol. The average Bonchev–Trinajstić information content (AvgIpc) is 3.11. The first kappa shape index (κ1) is 25.6. The Kier molecular flexibility index (Phi) is 8.12. The molecule has 0 amide bonds.